The lowest BCUT2D eigenvalue weighted by Crippen LogP contribution is -2.24. The van der Waals surface area contributed by atoms with Gasteiger partial charge in [-0.25, -0.2) is 4.79 Å². The maximum absolute atomic E-state index is 11.3. The third kappa shape index (κ3) is 6.08. The number of halogens is 3. The lowest BCUT2D eigenvalue weighted by Gasteiger charge is -2.13. The molecule has 0 spiro atoms. The van der Waals surface area contributed by atoms with Crippen LogP contribution in [0.1, 0.15) is 18.1 Å². The first-order valence-corrected chi connectivity index (χ1v) is 10.6. The summed E-state index contributed by atoms with van der Waals surface area (Å²) in [6, 6.07) is 11.6. The SMILES string of the molecule is CC(=O)N/C(=C/c1cc(I)c(OCc2ccccc2I)c(I)c1)C(=O)O. The predicted molar refractivity (Wildman–Crippen MR) is 125 cm³/mol. The molecule has 0 fully saturated rings. The molecule has 0 aliphatic carbocycles. The molecule has 0 atom stereocenters. The number of nitrogens with one attached hydrogen (secondary N) is 1. The molecule has 5 nitrogen and oxygen atoms in total. The number of hydrogen-bond donors (Lipinski definition) is 2. The van der Waals surface area contributed by atoms with Crippen LogP contribution in [0.15, 0.2) is 42.1 Å². The first-order chi connectivity index (χ1) is 12.3. The molecule has 26 heavy (non-hydrogen) atoms. The third-order valence-corrected chi connectivity index (χ3v) is 5.86. The van der Waals surface area contributed by atoms with E-state index in [0.717, 1.165) is 22.0 Å². The highest BCUT2D eigenvalue weighted by Gasteiger charge is 2.13. The summed E-state index contributed by atoms with van der Waals surface area (Å²) < 4.78 is 8.84. The summed E-state index contributed by atoms with van der Waals surface area (Å²) >= 11 is 6.59. The fourth-order valence-electron chi connectivity index (χ4n) is 2.07. The van der Waals surface area contributed by atoms with Crippen LogP contribution in [0.5, 0.6) is 5.75 Å². The first kappa shape index (κ1) is 21.4. The number of carboxylic acid groups (broad SMARTS) is 1. The van der Waals surface area contributed by atoms with Gasteiger partial charge in [-0.05, 0) is 97.6 Å². The maximum atomic E-state index is 11.3. The summed E-state index contributed by atoms with van der Waals surface area (Å²) in [4.78, 5) is 22.4. The van der Waals surface area contributed by atoms with E-state index in [1.165, 1.54) is 13.0 Å². The predicted octanol–water partition coefficient (Wildman–Crippen LogP) is 4.64. The average Bonchev–Trinajstić information content (AvgIpc) is 2.54. The van der Waals surface area contributed by atoms with E-state index in [0.29, 0.717) is 12.2 Å². The van der Waals surface area contributed by atoms with Crippen LogP contribution in [-0.4, -0.2) is 17.0 Å². The van der Waals surface area contributed by atoms with Crippen molar-refractivity contribution in [3.63, 3.8) is 0 Å². The molecule has 0 heterocycles. The zero-order valence-electron chi connectivity index (χ0n) is 13.6. The van der Waals surface area contributed by atoms with Crippen LogP contribution in [0.25, 0.3) is 6.08 Å². The monoisotopic (exact) mass is 689 g/mol. The van der Waals surface area contributed by atoms with Gasteiger partial charge in [0, 0.05) is 16.1 Å². The molecule has 0 radical (unpaired) electrons. The van der Waals surface area contributed by atoms with Crippen molar-refractivity contribution in [2.75, 3.05) is 0 Å². The summed E-state index contributed by atoms with van der Waals surface area (Å²) in [5.74, 6) is -0.871. The second-order valence-electron chi connectivity index (χ2n) is 5.24. The van der Waals surface area contributed by atoms with Crippen LogP contribution in [0, 0.1) is 10.7 Å². The van der Waals surface area contributed by atoms with Crippen LogP contribution < -0.4 is 10.1 Å². The number of carbonyl (C=O) groups excluding carboxylic acids is 1. The standard InChI is InChI=1S/C18H14I3NO4/c1-10(23)22-16(18(24)25)8-11-6-14(20)17(15(21)7-11)26-9-12-4-2-3-5-13(12)19/h2-8H,9H2,1H3,(H,22,23)(H,24,25)/b16-8+. The molecule has 0 saturated heterocycles. The molecule has 0 aliphatic rings. The van der Waals surface area contributed by atoms with Crippen molar-refractivity contribution < 1.29 is 19.4 Å². The van der Waals surface area contributed by atoms with Gasteiger partial charge in [0.2, 0.25) is 5.91 Å². The van der Waals surface area contributed by atoms with Gasteiger partial charge >= 0.3 is 5.97 Å². The quantitative estimate of drug-likeness (QED) is 0.343. The molecule has 2 rings (SSSR count). The summed E-state index contributed by atoms with van der Waals surface area (Å²) in [6.45, 7) is 1.72. The topological polar surface area (TPSA) is 75.6 Å². The summed E-state index contributed by atoms with van der Waals surface area (Å²) in [6.07, 6.45) is 1.43. The van der Waals surface area contributed by atoms with Crippen molar-refractivity contribution in [1.29, 1.82) is 0 Å². The summed E-state index contributed by atoms with van der Waals surface area (Å²) in [7, 11) is 0. The second kappa shape index (κ2) is 9.88. The van der Waals surface area contributed by atoms with Crippen LogP contribution in [0.4, 0.5) is 0 Å². The van der Waals surface area contributed by atoms with Crippen molar-refractivity contribution in [2.24, 2.45) is 0 Å². The minimum absolute atomic E-state index is 0.170. The van der Waals surface area contributed by atoms with Gasteiger partial charge in [0.15, 0.2) is 0 Å². The Morgan fingerprint density at radius 1 is 1.12 bits per heavy atom. The fraction of sp³-hybridized carbons (Fsp3) is 0.111. The summed E-state index contributed by atoms with van der Waals surface area (Å²) in [5.41, 5.74) is 1.60. The van der Waals surface area contributed by atoms with E-state index in [2.05, 4.69) is 73.1 Å². The van der Waals surface area contributed by atoms with Crippen molar-refractivity contribution in [1.82, 2.24) is 5.32 Å². The van der Waals surface area contributed by atoms with Crippen molar-refractivity contribution in [3.8, 4) is 5.75 Å². The van der Waals surface area contributed by atoms with Crippen LogP contribution in [0.2, 0.25) is 0 Å². The van der Waals surface area contributed by atoms with E-state index in [1.807, 2.05) is 36.4 Å². The Kier molecular flexibility index (Phi) is 8.13. The number of benzene rings is 2. The van der Waals surface area contributed by atoms with Crippen molar-refractivity contribution in [3.05, 3.63) is 63.9 Å². The van der Waals surface area contributed by atoms with E-state index in [-0.39, 0.29) is 5.70 Å². The molecule has 2 aromatic carbocycles. The molecule has 0 unspecified atom stereocenters. The van der Waals surface area contributed by atoms with Crippen LogP contribution in [0.3, 0.4) is 0 Å². The minimum atomic E-state index is -1.19. The highest BCUT2D eigenvalue weighted by molar-refractivity contribution is 14.1. The van der Waals surface area contributed by atoms with Crippen molar-refractivity contribution in [2.45, 2.75) is 13.5 Å². The lowest BCUT2D eigenvalue weighted by molar-refractivity contribution is -0.134. The molecular formula is C18H14I3NO4. The van der Waals surface area contributed by atoms with Crippen LogP contribution in [-0.2, 0) is 16.2 Å². The van der Waals surface area contributed by atoms with E-state index in [9.17, 15) is 14.7 Å². The minimum Gasteiger partial charge on any atom is -0.487 e. The van der Waals surface area contributed by atoms with Gasteiger partial charge in [0.25, 0.3) is 0 Å². The Bertz CT molecular complexity index is 857. The van der Waals surface area contributed by atoms with E-state index >= 15 is 0 Å². The van der Waals surface area contributed by atoms with Gasteiger partial charge in [0.05, 0.1) is 7.14 Å². The van der Waals surface area contributed by atoms with Gasteiger partial charge in [-0.1, -0.05) is 18.2 Å². The van der Waals surface area contributed by atoms with Gasteiger partial charge in [-0.15, -0.1) is 0 Å². The lowest BCUT2D eigenvalue weighted by atomic mass is 10.2. The first-order valence-electron chi connectivity index (χ1n) is 7.35. The molecule has 0 bridgehead atoms. The third-order valence-electron chi connectivity index (χ3n) is 3.20. The molecule has 2 N–H and O–H groups in total. The highest BCUT2D eigenvalue weighted by atomic mass is 127. The molecular weight excluding hydrogens is 675 g/mol. The Hall–Kier alpha value is -0.890. The Morgan fingerprint density at radius 3 is 2.27 bits per heavy atom. The summed E-state index contributed by atoms with van der Waals surface area (Å²) in [5, 5.41) is 11.5. The van der Waals surface area contributed by atoms with Crippen molar-refractivity contribution >= 4 is 85.7 Å². The maximum Gasteiger partial charge on any atom is 0.352 e. The number of carbonyl (C=O) groups is 2. The van der Waals surface area contributed by atoms with E-state index < -0.39 is 11.9 Å². The Labute approximate surface area is 192 Å². The van der Waals surface area contributed by atoms with E-state index in [4.69, 9.17) is 4.74 Å². The van der Waals surface area contributed by atoms with Gasteiger partial charge in [0.1, 0.15) is 18.1 Å². The molecule has 8 heteroatoms. The molecule has 0 aliphatic heterocycles. The number of ether oxygens (including phenoxy) is 1. The van der Waals surface area contributed by atoms with Crippen LogP contribution >= 0.6 is 67.8 Å². The zero-order valence-corrected chi connectivity index (χ0v) is 20.0. The fourth-order valence-corrected chi connectivity index (χ4v) is 4.74. The number of aliphatic carboxylic acids is 1. The Morgan fingerprint density at radius 2 is 1.73 bits per heavy atom. The number of carboxylic acids is 1. The van der Waals surface area contributed by atoms with Gasteiger partial charge in [-0.2, -0.15) is 0 Å². The molecule has 2 aromatic rings. The Balaban J connectivity index is 2.26. The number of hydrogen-bond acceptors (Lipinski definition) is 3. The van der Waals surface area contributed by atoms with Gasteiger partial charge in [-0.3, -0.25) is 4.79 Å². The zero-order chi connectivity index (χ0) is 19.3. The second-order valence-corrected chi connectivity index (χ2v) is 8.72. The van der Waals surface area contributed by atoms with E-state index in [1.54, 1.807) is 0 Å². The molecule has 136 valence electrons. The average molecular weight is 689 g/mol. The normalized spacial score (nSPS) is 11.2. The number of amides is 1. The smallest absolute Gasteiger partial charge is 0.352 e. The molecule has 1 amide bonds. The van der Waals surface area contributed by atoms with Gasteiger partial charge < -0.3 is 15.2 Å². The highest BCUT2D eigenvalue weighted by Crippen LogP contribution is 2.30. The molecule has 0 aromatic heterocycles. The largest absolute Gasteiger partial charge is 0.487 e. The molecule has 0 saturated carbocycles. The number of rotatable bonds is 6.